The van der Waals surface area contributed by atoms with Crippen LogP contribution < -0.4 is 5.56 Å². The zero-order valence-electron chi connectivity index (χ0n) is 11.8. The monoisotopic (exact) mass is 340 g/mol. The zero-order valence-corrected chi connectivity index (χ0v) is 13.3. The summed E-state index contributed by atoms with van der Waals surface area (Å²) >= 11 is 12.2. The van der Waals surface area contributed by atoms with Crippen molar-refractivity contribution < 1.29 is 0 Å². The molecule has 0 unspecified atom stereocenters. The topological polar surface area (TPSA) is 34.4 Å². The van der Waals surface area contributed by atoms with Crippen molar-refractivity contribution >= 4 is 39.6 Å². The van der Waals surface area contributed by atoms with Crippen LogP contribution in [0.3, 0.4) is 0 Å². The van der Waals surface area contributed by atoms with E-state index in [0.717, 1.165) is 16.3 Å². The standard InChI is InChI=1S/C18H10Cl2N2O/c19-13-7-5-12(6-8-13)16-15(20)18(23)22-10-9-11-3-1-2-4-14(11)17(22)21-16/h1-10H. The first kappa shape index (κ1) is 14.2. The zero-order chi connectivity index (χ0) is 16.0. The van der Waals surface area contributed by atoms with Gasteiger partial charge < -0.3 is 0 Å². The largest absolute Gasteiger partial charge is 0.277 e. The van der Waals surface area contributed by atoms with Crippen LogP contribution in [0.1, 0.15) is 0 Å². The van der Waals surface area contributed by atoms with E-state index in [0.29, 0.717) is 16.4 Å². The van der Waals surface area contributed by atoms with Crippen LogP contribution in [0.2, 0.25) is 10.0 Å². The SMILES string of the molecule is O=c1c(Cl)c(-c2ccc(Cl)cc2)nc2c3ccccc3ccn12. The summed E-state index contributed by atoms with van der Waals surface area (Å²) in [6.45, 7) is 0. The quantitative estimate of drug-likeness (QED) is 0.465. The Hall–Kier alpha value is -2.36. The first-order valence-corrected chi connectivity index (χ1v) is 7.76. The third-order valence-electron chi connectivity index (χ3n) is 3.78. The van der Waals surface area contributed by atoms with Gasteiger partial charge in [0.25, 0.3) is 5.56 Å². The van der Waals surface area contributed by atoms with Gasteiger partial charge in [0.2, 0.25) is 0 Å². The Morgan fingerprint density at radius 2 is 1.65 bits per heavy atom. The molecule has 0 N–H and O–H groups in total. The van der Waals surface area contributed by atoms with Gasteiger partial charge in [-0.2, -0.15) is 0 Å². The predicted molar refractivity (Wildman–Crippen MR) is 94.4 cm³/mol. The van der Waals surface area contributed by atoms with Crippen LogP contribution in [-0.4, -0.2) is 9.38 Å². The van der Waals surface area contributed by atoms with Crippen molar-refractivity contribution in [3.63, 3.8) is 0 Å². The Labute approximate surface area is 141 Å². The Morgan fingerprint density at radius 1 is 0.913 bits per heavy atom. The molecule has 2 aromatic carbocycles. The highest BCUT2D eigenvalue weighted by atomic mass is 35.5. The second-order valence-corrected chi connectivity index (χ2v) is 6.00. The lowest BCUT2D eigenvalue weighted by molar-refractivity contribution is 1.06. The summed E-state index contributed by atoms with van der Waals surface area (Å²) in [5.41, 5.74) is 1.52. The van der Waals surface area contributed by atoms with Crippen LogP contribution in [-0.2, 0) is 0 Å². The molecule has 0 amide bonds. The van der Waals surface area contributed by atoms with E-state index < -0.39 is 0 Å². The van der Waals surface area contributed by atoms with Gasteiger partial charge in [0.05, 0.1) is 5.69 Å². The third kappa shape index (κ3) is 2.29. The van der Waals surface area contributed by atoms with Crippen LogP contribution in [0, 0.1) is 0 Å². The minimum Gasteiger partial charge on any atom is -0.267 e. The minimum atomic E-state index is -0.285. The van der Waals surface area contributed by atoms with Crippen LogP contribution in [0.15, 0.2) is 65.6 Å². The van der Waals surface area contributed by atoms with E-state index in [9.17, 15) is 4.79 Å². The lowest BCUT2D eigenvalue weighted by atomic mass is 10.1. The average Bonchev–Trinajstić information content (AvgIpc) is 2.58. The highest BCUT2D eigenvalue weighted by molar-refractivity contribution is 6.33. The van der Waals surface area contributed by atoms with E-state index in [-0.39, 0.29) is 10.6 Å². The van der Waals surface area contributed by atoms with Crippen LogP contribution >= 0.6 is 23.2 Å². The molecule has 0 aliphatic rings. The van der Waals surface area contributed by atoms with E-state index in [2.05, 4.69) is 4.98 Å². The summed E-state index contributed by atoms with van der Waals surface area (Å²) in [7, 11) is 0. The summed E-state index contributed by atoms with van der Waals surface area (Å²) in [6, 6.07) is 16.8. The number of fused-ring (bicyclic) bond motifs is 3. The molecule has 0 spiro atoms. The van der Waals surface area contributed by atoms with E-state index >= 15 is 0 Å². The van der Waals surface area contributed by atoms with Crippen LogP contribution in [0.5, 0.6) is 0 Å². The predicted octanol–water partition coefficient (Wildman–Crippen LogP) is 4.82. The number of rotatable bonds is 1. The molecule has 0 aliphatic carbocycles. The van der Waals surface area contributed by atoms with Crippen LogP contribution in [0.25, 0.3) is 27.7 Å². The molecule has 112 valence electrons. The van der Waals surface area contributed by atoms with Gasteiger partial charge in [-0.3, -0.25) is 9.20 Å². The van der Waals surface area contributed by atoms with E-state index in [4.69, 9.17) is 23.2 Å². The third-order valence-corrected chi connectivity index (χ3v) is 4.38. The molecule has 0 saturated heterocycles. The molecular formula is C18H10Cl2N2O. The number of nitrogens with zero attached hydrogens (tertiary/aromatic N) is 2. The molecule has 4 rings (SSSR count). The first-order valence-electron chi connectivity index (χ1n) is 7.01. The van der Waals surface area contributed by atoms with Gasteiger partial charge >= 0.3 is 0 Å². The lowest BCUT2D eigenvalue weighted by Gasteiger charge is -2.09. The van der Waals surface area contributed by atoms with Gasteiger partial charge in [-0.25, -0.2) is 4.98 Å². The lowest BCUT2D eigenvalue weighted by Crippen LogP contribution is -2.16. The summed E-state index contributed by atoms with van der Waals surface area (Å²) < 4.78 is 1.48. The van der Waals surface area contributed by atoms with Crippen molar-refractivity contribution in [2.45, 2.75) is 0 Å². The molecule has 0 radical (unpaired) electrons. The molecule has 0 aliphatic heterocycles. The molecular weight excluding hydrogens is 331 g/mol. The maximum absolute atomic E-state index is 12.6. The van der Waals surface area contributed by atoms with E-state index in [1.165, 1.54) is 4.40 Å². The smallest absolute Gasteiger partial charge is 0.267 e. The maximum Gasteiger partial charge on any atom is 0.277 e. The number of aromatic nitrogens is 2. The summed E-state index contributed by atoms with van der Waals surface area (Å²) in [4.78, 5) is 17.2. The molecule has 5 heteroatoms. The second kappa shape index (κ2) is 5.37. The molecule has 0 atom stereocenters. The van der Waals surface area contributed by atoms with Crippen molar-refractivity contribution in [3.8, 4) is 11.3 Å². The number of hydrogen-bond acceptors (Lipinski definition) is 2. The van der Waals surface area contributed by atoms with Gasteiger partial charge in [-0.1, -0.05) is 59.6 Å². The summed E-state index contributed by atoms with van der Waals surface area (Å²) in [5.74, 6) is 0. The average molecular weight is 341 g/mol. The molecule has 2 aromatic heterocycles. The Morgan fingerprint density at radius 3 is 2.43 bits per heavy atom. The summed E-state index contributed by atoms with van der Waals surface area (Å²) in [5, 5.41) is 2.63. The first-order chi connectivity index (χ1) is 11.1. The maximum atomic E-state index is 12.6. The van der Waals surface area contributed by atoms with Crippen LogP contribution in [0.4, 0.5) is 0 Å². The Kier molecular flexibility index (Phi) is 3.33. The number of pyridine rings is 1. The fourth-order valence-corrected chi connectivity index (χ4v) is 3.01. The van der Waals surface area contributed by atoms with Crippen molar-refractivity contribution in [2.24, 2.45) is 0 Å². The highest BCUT2D eigenvalue weighted by Gasteiger charge is 2.14. The number of benzene rings is 2. The molecule has 2 heterocycles. The normalized spacial score (nSPS) is 11.2. The fourth-order valence-electron chi connectivity index (χ4n) is 2.64. The second-order valence-electron chi connectivity index (χ2n) is 5.18. The fraction of sp³-hybridized carbons (Fsp3) is 0. The van der Waals surface area contributed by atoms with E-state index in [1.54, 1.807) is 30.5 Å². The van der Waals surface area contributed by atoms with Crippen molar-refractivity contribution in [2.75, 3.05) is 0 Å². The molecule has 0 saturated carbocycles. The Bertz CT molecular complexity index is 1100. The highest BCUT2D eigenvalue weighted by Crippen LogP contribution is 2.27. The molecule has 0 fully saturated rings. The van der Waals surface area contributed by atoms with Gasteiger partial charge in [0.15, 0.2) is 0 Å². The number of hydrogen-bond donors (Lipinski definition) is 0. The van der Waals surface area contributed by atoms with Gasteiger partial charge in [-0.15, -0.1) is 0 Å². The summed E-state index contributed by atoms with van der Waals surface area (Å²) in [6.07, 6.45) is 1.70. The van der Waals surface area contributed by atoms with Gasteiger partial charge in [0, 0.05) is 22.2 Å². The number of halogens is 2. The molecule has 3 nitrogen and oxygen atoms in total. The Balaban J connectivity index is 2.13. The molecule has 0 bridgehead atoms. The minimum absolute atomic E-state index is 0.0973. The van der Waals surface area contributed by atoms with Crippen molar-refractivity contribution in [1.82, 2.24) is 9.38 Å². The van der Waals surface area contributed by atoms with Gasteiger partial charge in [0.1, 0.15) is 10.7 Å². The molecule has 23 heavy (non-hydrogen) atoms. The van der Waals surface area contributed by atoms with Gasteiger partial charge in [-0.05, 0) is 23.6 Å². The van der Waals surface area contributed by atoms with E-state index in [1.807, 2.05) is 30.3 Å². The van der Waals surface area contributed by atoms with Crippen molar-refractivity contribution in [3.05, 3.63) is 81.2 Å². The van der Waals surface area contributed by atoms with Crippen molar-refractivity contribution in [1.29, 1.82) is 0 Å². The molecule has 4 aromatic rings.